The second-order valence-corrected chi connectivity index (χ2v) is 7.62. The lowest BCUT2D eigenvalue weighted by Crippen LogP contribution is -2.14. The van der Waals surface area contributed by atoms with Gasteiger partial charge in [0.2, 0.25) is 0 Å². The van der Waals surface area contributed by atoms with Crippen molar-refractivity contribution in [3.8, 4) is 5.75 Å². The van der Waals surface area contributed by atoms with Crippen LogP contribution in [0.3, 0.4) is 0 Å². The van der Waals surface area contributed by atoms with E-state index in [2.05, 4.69) is 27.3 Å². The van der Waals surface area contributed by atoms with Gasteiger partial charge in [0.1, 0.15) is 12.4 Å². The molecule has 0 saturated carbocycles. The van der Waals surface area contributed by atoms with Gasteiger partial charge in [0, 0.05) is 33.2 Å². The molecule has 134 valence electrons. The van der Waals surface area contributed by atoms with E-state index in [1.165, 1.54) is 0 Å². The fourth-order valence-electron chi connectivity index (χ4n) is 2.54. The number of hydrogen-bond acceptors (Lipinski definition) is 2. The van der Waals surface area contributed by atoms with Gasteiger partial charge < -0.3 is 10.1 Å². The molecular weight excluding hydrogens is 433 g/mol. The molecule has 26 heavy (non-hydrogen) atoms. The van der Waals surface area contributed by atoms with Crippen molar-refractivity contribution in [1.29, 1.82) is 0 Å². The van der Waals surface area contributed by atoms with Gasteiger partial charge >= 0.3 is 0 Å². The smallest absolute Gasteiger partial charge is 0.124 e. The summed E-state index contributed by atoms with van der Waals surface area (Å²) in [5.41, 5.74) is 3.24. The maximum atomic E-state index is 6.21. The Morgan fingerprint density at radius 3 is 2.35 bits per heavy atom. The molecule has 0 spiro atoms. The van der Waals surface area contributed by atoms with Crippen molar-refractivity contribution in [1.82, 2.24) is 5.32 Å². The first kappa shape index (κ1) is 19.2. The molecular formula is C21H18BrCl2NO. The minimum atomic E-state index is 0.496. The van der Waals surface area contributed by atoms with Crippen LogP contribution in [0.2, 0.25) is 10.0 Å². The van der Waals surface area contributed by atoms with Gasteiger partial charge in [0.05, 0.1) is 0 Å². The first-order chi connectivity index (χ1) is 12.6. The predicted octanol–water partition coefficient (Wildman–Crippen LogP) is 6.62. The summed E-state index contributed by atoms with van der Waals surface area (Å²) in [5, 5.41) is 4.93. The van der Waals surface area contributed by atoms with E-state index >= 15 is 0 Å². The van der Waals surface area contributed by atoms with Gasteiger partial charge in [-0.3, -0.25) is 0 Å². The Hall–Kier alpha value is -1.52. The van der Waals surface area contributed by atoms with E-state index in [1.807, 2.05) is 60.7 Å². The van der Waals surface area contributed by atoms with Crippen molar-refractivity contribution in [2.45, 2.75) is 19.7 Å². The molecule has 1 N–H and O–H groups in total. The normalized spacial score (nSPS) is 10.7. The Morgan fingerprint density at radius 2 is 1.58 bits per heavy atom. The summed E-state index contributed by atoms with van der Waals surface area (Å²) in [5.74, 6) is 0.856. The molecule has 0 aliphatic carbocycles. The third-order valence-corrected chi connectivity index (χ3v) is 5.03. The summed E-state index contributed by atoms with van der Waals surface area (Å²) in [6.07, 6.45) is 0. The zero-order valence-electron chi connectivity index (χ0n) is 14.0. The van der Waals surface area contributed by atoms with Crippen LogP contribution >= 0.6 is 39.1 Å². The van der Waals surface area contributed by atoms with Gasteiger partial charge in [-0.15, -0.1) is 0 Å². The molecule has 5 heteroatoms. The third-order valence-electron chi connectivity index (χ3n) is 3.92. The molecule has 0 saturated heterocycles. The van der Waals surface area contributed by atoms with Gasteiger partial charge in [-0.1, -0.05) is 69.5 Å². The van der Waals surface area contributed by atoms with Gasteiger partial charge in [-0.05, 0) is 47.5 Å². The van der Waals surface area contributed by atoms with Crippen molar-refractivity contribution < 1.29 is 4.74 Å². The monoisotopic (exact) mass is 449 g/mol. The number of nitrogens with one attached hydrogen (secondary N) is 1. The number of ether oxygens (including phenoxy) is 1. The van der Waals surface area contributed by atoms with Crippen molar-refractivity contribution >= 4 is 39.1 Å². The van der Waals surface area contributed by atoms with Crippen LogP contribution in [0.25, 0.3) is 0 Å². The lowest BCUT2D eigenvalue weighted by Gasteiger charge is -2.13. The highest BCUT2D eigenvalue weighted by Gasteiger charge is 2.06. The maximum Gasteiger partial charge on any atom is 0.124 e. The number of hydrogen-bond donors (Lipinski definition) is 1. The van der Waals surface area contributed by atoms with Gasteiger partial charge in [0.25, 0.3) is 0 Å². The van der Waals surface area contributed by atoms with E-state index in [9.17, 15) is 0 Å². The number of rotatable bonds is 7. The SMILES string of the molecule is Clc1ccc(COc2ccc(Br)cc2CNCc2ccccc2Cl)cc1. The highest BCUT2D eigenvalue weighted by Crippen LogP contribution is 2.25. The lowest BCUT2D eigenvalue weighted by atomic mass is 10.1. The quantitative estimate of drug-likeness (QED) is 0.436. The molecule has 3 rings (SSSR count). The summed E-state index contributed by atoms with van der Waals surface area (Å²) in [4.78, 5) is 0. The second-order valence-electron chi connectivity index (χ2n) is 5.86. The topological polar surface area (TPSA) is 21.3 Å². The molecule has 0 bridgehead atoms. The van der Waals surface area contributed by atoms with E-state index in [-0.39, 0.29) is 0 Å². The molecule has 3 aromatic carbocycles. The first-order valence-corrected chi connectivity index (χ1v) is 9.76. The number of halogens is 3. The van der Waals surface area contributed by atoms with Gasteiger partial charge in [0.15, 0.2) is 0 Å². The maximum absolute atomic E-state index is 6.21. The van der Waals surface area contributed by atoms with Crippen LogP contribution in [0.1, 0.15) is 16.7 Å². The highest BCUT2D eigenvalue weighted by molar-refractivity contribution is 9.10. The molecule has 0 aliphatic rings. The third kappa shape index (κ3) is 5.49. The fraction of sp³-hybridized carbons (Fsp3) is 0.143. The van der Waals surface area contributed by atoms with Crippen LogP contribution in [-0.4, -0.2) is 0 Å². The minimum absolute atomic E-state index is 0.496. The Balaban J connectivity index is 1.63. The lowest BCUT2D eigenvalue weighted by molar-refractivity contribution is 0.302. The van der Waals surface area contributed by atoms with E-state index in [4.69, 9.17) is 27.9 Å². The second kappa shape index (κ2) is 9.43. The van der Waals surface area contributed by atoms with Crippen molar-refractivity contribution in [3.63, 3.8) is 0 Å². The van der Waals surface area contributed by atoms with Crippen molar-refractivity contribution in [3.05, 3.63) is 97.9 Å². The van der Waals surface area contributed by atoms with Crippen molar-refractivity contribution in [2.75, 3.05) is 0 Å². The standard InChI is InChI=1S/C21H18BrCl2NO/c22-18-7-10-21(26-14-15-5-8-19(23)9-6-15)17(11-18)13-25-12-16-3-1-2-4-20(16)24/h1-11,25H,12-14H2. The summed E-state index contributed by atoms with van der Waals surface area (Å²) < 4.78 is 7.03. The average Bonchev–Trinajstić information content (AvgIpc) is 2.64. The molecule has 0 amide bonds. The largest absolute Gasteiger partial charge is 0.489 e. The Labute approximate surface area is 172 Å². The molecule has 0 aromatic heterocycles. The molecule has 0 fully saturated rings. The molecule has 0 heterocycles. The van der Waals surface area contributed by atoms with Gasteiger partial charge in [-0.2, -0.15) is 0 Å². The summed E-state index contributed by atoms with van der Waals surface area (Å²) in [6, 6.07) is 21.5. The van der Waals surface area contributed by atoms with Crippen LogP contribution in [0.4, 0.5) is 0 Å². The number of benzene rings is 3. The Morgan fingerprint density at radius 1 is 0.846 bits per heavy atom. The summed E-state index contributed by atoms with van der Waals surface area (Å²) in [6.45, 7) is 1.87. The van der Waals surface area contributed by atoms with E-state index in [0.717, 1.165) is 37.0 Å². The van der Waals surface area contributed by atoms with E-state index in [0.29, 0.717) is 19.7 Å². The first-order valence-electron chi connectivity index (χ1n) is 8.21. The molecule has 0 aliphatic heterocycles. The van der Waals surface area contributed by atoms with Crippen LogP contribution in [-0.2, 0) is 19.7 Å². The van der Waals surface area contributed by atoms with Crippen LogP contribution < -0.4 is 10.1 Å². The van der Waals surface area contributed by atoms with Crippen LogP contribution in [0.5, 0.6) is 5.75 Å². The summed E-state index contributed by atoms with van der Waals surface area (Å²) >= 11 is 15.7. The van der Waals surface area contributed by atoms with E-state index < -0.39 is 0 Å². The molecule has 0 atom stereocenters. The molecule has 0 radical (unpaired) electrons. The van der Waals surface area contributed by atoms with E-state index in [1.54, 1.807) is 0 Å². The van der Waals surface area contributed by atoms with Crippen molar-refractivity contribution in [2.24, 2.45) is 0 Å². The molecule has 2 nitrogen and oxygen atoms in total. The summed E-state index contributed by atoms with van der Waals surface area (Å²) in [7, 11) is 0. The minimum Gasteiger partial charge on any atom is -0.489 e. The average molecular weight is 451 g/mol. The van der Waals surface area contributed by atoms with Crippen LogP contribution in [0.15, 0.2) is 71.2 Å². The van der Waals surface area contributed by atoms with Gasteiger partial charge in [-0.25, -0.2) is 0 Å². The predicted molar refractivity (Wildman–Crippen MR) is 112 cm³/mol. The fourth-order valence-corrected chi connectivity index (χ4v) is 3.28. The Bertz CT molecular complexity index is 868. The Kier molecular flexibility index (Phi) is 6.98. The molecule has 3 aromatic rings. The zero-order valence-corrected chi connectivity index (χ0v) is 17.1. The highest BCUT2D eigenvalue weighted by atomic mass is 79.9. The van der Waals surface area contributed by atoms with Crippen LogP contribution in [0, 0.1) is 0 Å². The molecule has 0 unspecified atom stereocenters. The zero-order chi connectivity index (χ0) is 18.4.